The van der Waals surface area contributed by atoms with Crippen LogP contribution in [0.25, 0.3) is 0 Å². The number of piperidine rings is 1. The smallest absolute Gasteiger partial charge is 0.261 e. The number of nitrogens with two attached hydrogens (primary N) is 1. The zero-order valence-corrected chi connectivity index (χ0v) is 21.7. The van der Waals surface area contributed by atoms with Crippen LogP contribution in [-0.2, 0) is 23.1 Å². The zero-order valence-electron chi connectivity index (χ0n) is 21.7. The van der Waals surface area contributed by atoms with Crippen molar-refractivity contribution in [3.05, 3.63) is 62.6 Å². The second kappa shape index (κ2) is 9.29. The molecule has 37 heavy (non-hydrogen) atoms. The fraction of sp³-hybridized carbons (Fsp3) is 0.536. The van der Waals surface area contributed by atoms with E-state index >= 15 is 0 Å². The van der Waals surface area contributed by atoms with Crippen molar-refractivity contribution < 1.29 is 19.4 Å². The first-order chi connectivity index (χ1) is 17.6. The maximum absolute atomic E-state index is 12.9. The fourth-order valence-electron chi connectivity index (χ4n) is 6.54. The zero-order chi connectivity index (χ0) is 26.5. The highest BCUT2D eigenvalue weighted by Gasteiger charge is 2.61. The van der Waals surface area contributed by atoms with Gasteiger partial charge in [-0.15, -0.1) is 0 Å². The van der Waals surface area contributed by atoms with Crippen LogP contribution in [-0.4, -0.2) is 65.2 Å². The Hall–Kier alpha value is -3.17. The molecule has 5 N–H and O–H groups in total. The van der Waals surface area contributed by atoms with Crippen molar-refractivity contribution in [3.63, 3.8) is 0 Å². The summed E-state index contributed by atoms with van der Waals surface area (Å²) in [7, 11) is 1.64. The van der Waals surface area contributed by atoms with Crippen molar-refractivity contribution >= 4 is 11.8 Å². The summed E-state index contributed by atoms with van der Waals surface area (Å²) in [6.45, 7) is 5.61. The molecule has 1 saturated carbocycles. The van der Waals surface area contributed by atoms with Crippen LogP contribution in [0.4, 0.5) is 0 Å². The van der Waals surface area contributed by atoms with Crippen LogP contribution < -0.4 is 21.3 Å². The van der Waals surface area contributed by atoms with Crippen LogP contribution in [0.5, 0.6) is 5.75 Å². The molecule has 0 radical (unpaired) electrons. The standard InChI is InChI=1S/C28H36N4O5/c1-16-4-7-20(37-3)11-22(16)27-8-9-32(15-18-5-6-18)17(2)28(27,36)12-19-10-21(25(34)30-14-24(29)33)26(35)31-23(19)13-27/h4,7,10-11,17-18,36H,5-6,8-9,12-15H2,1-3H3,(H2,29,33)(H,30,34)(H,31,35)/t17-,27-,28-/m1/s1. The normalized spacial score (nSPS) is 27.2. The van der Waals surface area contributed by atoms with Gasteiger partial charge in [-0.1, -0.05) is 6.07 Å². The van der Waals surface area contributed by atoms with Crippen molar-refractivity contribution in [1.82, 2.24) is 15.2 Å². The number of amides is 2. The maximum Gasteiger partial charge on any atom is 0.261 e. The van der Waals surface area contributed by atoms with Crippen molar-refractivity contribution in [2.24, 2.45) is 11.7 Å². The molecular weight excluding hydrogens is 472 g/mol. The van der Waals surface area contributed by atoms with Crippen molar-refractivity contribution in [1.29, 1.82) is 0 Å². The predicted molar refractivity (Wildman–Crippen MR) is 139 cm³/mol. The number of carbonyl (C=O) groups excluding carboxylic acids is 2. The summed E-state index contributed by atoms with van der Waals surface area (Å²) >= 11 is 0. The van der Waals surface area contributed by atoms with Crippen molar-refractivity contribution in [2.75, 3.05) is 26.7 Å². The number of carbonyl (C=O) groups is 2. The molecule has 2 heterocycles. The molecule has 0 bridgehead atoms. The Balaban J connectivity index is 1.62. The number of primary amides is 1. The second-order valence-electron chi connectivity index (χ2n) is 11.1. The lowest BCUT2D eigenvalue weighted by atomic mass is 9.53. The molecule has 2 fully saturated rings. The lowest BCUT2D eigenvalue weighted by Crippen LogP contribution is -2.71. The highest BCUT2D eigenvalue weighted by Crippen LogP contribution is 2.54. The molecule has 1 saturated heterocycles. The number of rotatable bonds is 7. The van der Waals surface area contributed by atoms with E-state index in [1.807, 2.05) is 18.2 Å². The number of H-pyrrole nitrogens is 1. The molecule has 3 atom stereocenters. The average molecular weight is 509 g/mol. The summed E-state index contributed by atoms with van der Waals surface area (Å²) in [6, 6.07) is 7.40. The predicted octanol–water partition coefficient (Wildman–Crippen LogP) is 1.18. The monoisotopic (exact) mass is 508 g/mol. The number of aliphatic hydroxyl groups is 1. The lowest BCUT2D eigenvalue weighted by molar-refractivity contribution is -0.139. The average Bonchev–Trinajstić information content (AvgIpc) is 3.68. The van der Waals surface area contributed by atoms with Crippen LogP contribution in [0.1, 0.15) is 58.9 Å². The molecule has 2 amide bonds. The number of methoxy groups -OCH3 is 1. The Labute approximate surface area is 216 Å². The summed E-state index contributed by atoms with van der Waals surface area (Å²) in [6.07, 6.45) is 3.92. The van der Waals surface area contributed by atoms with E-state index in [1.165, 1.54) is 12.8 Å². The molecule has 2 aliphatic carbocycles. The Morgan fingerprint density at radius 2 is 2.03 bits per heavy atom. The third kappa shape index (κ3) is 4.34. The number of ether oxygens (including phenoxy) is 1. The van der Waals surface area contributed by atoms with Gasteiger partial charge in [0.05, 0.1) is 19.3 Å². The molecule has 198 valence electrons. The Morgan fingerprint density at radius 1 is 1.27 bits per heavy atom. The summed E-state index contributed by atoms with van der Waals surface area (Å²) in [5.41, 5.74) is 6.30. The molecular formula is C28H36N4O5. The number of fused-ring (bicyclic) bond motifs is 2. The minimum Gasteiger partial charge on any atom is -0.497 e. The minimum absolute atomic E-state index is 0.0908. The summed E-state index contributed by atoms with van der Waals surface area (Å²) < 4.78 is 5.56. The van der Waals surface area contributed by atoms with Crippen LogP contribution in [0, 0.1) is 12.8 Å². The Morgan fingerprint density at radius 3 is 2.70 bits per heavy atom. The summed E-state index contributed by atoms with van der Waals surface area (Å²) in [5, 5.41) is 15.1. The molecule has 3 aliphatic rings. The summed E-state index contributed by atoms with van der Waals surface area (Å²) in [4.78, 5) is 42.0. The van der Waals surface area contributed by atoms with Crippen LogP contribution >= 0.6 is 0 Å². The highest BCUT2D eigenvalue weighted by atomic mass is 16.5. The molecule has 1 aromatic carbocycles. The van der Waals surface area contributed by atoms with Gasteiger partial charge in [0.1, 0.15) is 11.3 Å². The third-order valence-electron chi connectivity index (χ3n) is 8.86. The molecule has 1 aromatic heterocycles. The van der Waals surface area contributed by atoms with E-state index < -0.39 is 28.4 Å². The summed E-state index contributed by atoms with van der Waals surface area (Å²) in [5.74, 6) is 0.0562. The first kappa shape index (κ1) is 25.5. The third-order valence-corrected chi connectivity index (χ3v) is 8.86. The van der Waals surface area contributed by atoms with E-state index in [-0.39, 0.29) is 24.6 Å². The molecule has 0 spiro atoms. The molecule has 5 rings (SSSR count). The van der Waals surface area contributed by atoms with Gasteiger partial charge in [0.2, 0.25) is 5.91 Å². The lowest BCUT2D eigenvalue weighted by Gasteiger charge is -2.60. The topological polar surface area (TPSA) is 138 Å². The number of aromatic amines is 1. The number of aromatic nitrogens is 1. The number of nitrogens with one attached hydrogen (secondary N) is 2. The SMILES string of the molecule is COc1ccc(C)c([C@]23CCN(CC4CC4)[C@H](C)[C@]2(O)Cc2cc(C(=O)NCC(N)=O)c(=O)[nH]c2C3)c1. The number of aryl methyl sites for hydroxylation is 1. The van der Waals surface area contributed by atoms with Gasteiger partial charge in [0.15, 0.2) is 0 Å². The molecule has 9 nitrogen and oxygen atoms in total. The second-order valence-corrected chi connectivity index (χ2v) is 11.1. The largest absolute Gasteiger partial charge is 0.497 e. The maximum atomic E-state index is 12.9. The number of pyridine rings is 1. The number of hydrogen-bond acceptors (Lipinski definition) is 6. The van der Waals surface area contributed by atoms with E-state index in [0.29, 0.717) is 12.3 Å². The van der Waals surface area contributed by atoms with Crippen LogP contribution in [0.2, 0.25) is 0 Å². The molecule has 2 aromatic rings. The van der Waals surface area contributed by atoms with Gasteiger partial charge in [-0.3, -0.25) is 19.3 Å². The fourth-order valence-corrected chi connectivity index (χ4v) is 6.54. The van der Waals surface area contributed by atoms with E-state index in [0.717, 1.165) is 47.6 Å². The van der Waals surface area contributed by atoms with Gasteiger partial charge in [-0.05, 0) is 80.5 Å². The van der Waals surface area contributed by atoms with Crippen molar-refractivity contribution in [3.8, 4) is 5.75 Å². The van der Waals surface area contributed by atoms with E-state index in [4.69, 9.17) is 10.5 Å². The number of nitrogens with zero attached hydrogens (tertiary/aromatic N) is 1. The van der Waals surface area contributed by atoms with Gasteiger partial charge < -0.3 is 25.9 Å². The van der Waals surface area contributed by atoms with Crippen molar-refractivity contribution in [2.45, 2.75) is 63.0 Å². The number of hydrogen-bond donors (Lipinski definition) is 4. The van der Waals surface area contributed by atoms with Gasteiger partial charge in [-0.2, -0.15) is 0 Å². The van der Waals surface area contributed by atoms with E-state index in [1.54, 1.807) is 13.2 Å². The van der Waals surface area contributed by atoms with Gasteiger partial charge >= 0.3 is 0 Å². The van der Waals surface area contributed by atoms with Gasteiger partial charge in [0.25, 0.3) is 11.5 Å². The number of likely N-dealkylation sites (tertiary alicyclic amines) is 1. The van der Waals surface area contributed by atoms with E-state index in [2.05, 4.69) is 29.0 Å². The first-order valence-electron chi connectivity index (χ1n) is 13.0. The van der Waals surface area contributed by atoms with E-state index in [9.17, 15) is 19.5 Å². The first-order valence-corrected chi connectivity index (χ1v) is 13.0. The van der Waals surface area contributed by atoms with Crippen LogP contribution in [0.3, 0.4) is 0 Å². The van der Waals surface area contributed by atoms with Gasteiger partial charge in [0, 0.05) is 36.5 Å². The highest BCUT2D eigenvalue weighted by molar-refractivity contribution is 5.96. The Bertz CT molecular complexity index is 1300. The van der Waals surface area contributed by atoms with Gasteiger partial charge in [-0.25, -0.2) is 0 Å². The quantitative estimate of drug-likeness (QED) is 0.443. The number of benzene rings is 1. The molecule has 9 heteroatoms. The minimum atomic E-state index is -1.15. The molecule has 0 unspecified atom stereocenters. The Kier molecular flexibility index (Phi) is 6.40. The molecule has 1 aliphatic heterocycles. The van der Waals surface area contributed by atoms with Crippen LogP contribution in [0.15, 0.2) is 29.1 Å².